The lowest BCUT2D eigenvalue weighted by atomic mass is 10.0. The summed E-state index contributed by atoms with van der Waals surface area (Å²) in [5, 5.41) is 7.12. The van der Waals surface area contributed by atoms with Gasteiger partial charge in [0, 0.05) is 12.1 Å². The largest absolute Gasteiger partial charge is 0.360 e. The zero-order valence-corrected chi connectivity index (χ0v) is 11.0. The molecular formula is C15H20N2O. The van der Waals surface area contributed by atoms with Gasteiger partial charge in [-0.2, -0.15) is 0 Å². The van der Waals surface area contributed by atoms with Gasteiger partial charge in [-0.05, 0) is 32.3 Å². The van der Waals surface area contributed by atoms with Gasteiger partial charge in [0.1, 0.15) is 5.76 Å². The van der Waals surface area contributed by atoms with Gasteiger partial charge in [0.05, 0.1) is 12.7 Å². The van der Waals surface area contributed by atoms with Gasteiger partial charge in [0.25, 0.3) is 0 Å². The Labute approximate surface area is 108 Å². The van der Waals surface area contributed by atoms with Crippen LogP contribution in [0.3, 0.4) is 0 Å². The van der Waals surface area contributed by atoms with Crippen LogP contribution in [-0.4, -0.2) is 11.2 Å². The normalized spacial score (nSPS) is 12.6. The minimum absolute atomic E-state index is 0.468. The van der Waals surface area contributed by atoms with E-state index in [2.05, 4.69) is 48.6 Å². The lowest BCUT2D eigenvalue weighted by molar-refractivity contribution is 0.362. The molecule has 2 aromatic rings. The fraction of sp³-hybridized carbons (Fsp3) is 0.400. The number of benzene rings is 1. The van der Waals surface area contributed by atoms with Crippen molar-refractivity contribution >= 4 is 0 Å². The van der Waals surface area contributed by atoms with E-state index in [1.165, 1.54) is 11.1 Å². The Balaban J connectivity index is 1.73. The molecule has 1 atom stereocenters. The summed E-state index contributed by atoms with van der Waals surface area (Å²) in [6.07, 6.45) is 3.90. The number of aryl methyl sites for hydroxylation is 2. The van der Waals surface area contributed by atoms with E-state index < -0.39 is 0 Å². The number of nitrogens with one attached hydrogen (secondary N) is 1. The molecule has 3 nitrogen and oxygen atoms in total. The molecule has 96 valence electrons. The van der Waals surface area contributed by atoms with Crippen LogP contribution in [0, 0.1) is 6.92 Å². The Bertz CT molecular complexity index is 465. The Morgan fingerprint density at radius 2 is 2.22 bits per heavy atom. The minimum Gasteiger partial charge on any atom is -0.360 e. The third-order valence-corrected chi connectivity index (χ3v) is 3.06. The molecule has 0 aliphatic heterocycles. The van der Waals surface area contributed by atoms with Gasteiger partial charge < -0.3 is 9.84 Å². The van der Waals surface area contributed by atoms with Crippen molar-refractivity contribution in [1.82, 2.24) is 10.5 Å². The highest BCUT2D eigenvalue weighted by Crippen LogP contribution is 2.08. The third kappa shape index (κ3) is 4.00. The second kappa shape index (κ2) is 6.36. The first-order chi connectivity index (χ1) is 8.74. The lowest BCUT2D eigenvalue weighted by Gasteiger charge is -2.12. The van der Waals surface area contributed by atoms with Gasteiger partial charge in [0.2, 0.25) is 0 Å². The maximum Gasteiger partial charge on any atom is 0.150 e. The number of hydrogen-bond acceptors (Lipinski definition) is 3. The van der Waals surface area contributed by atoms with Crippen molar-refractivity contribution in [2.75, 3.05) is 0 Å². The zero-order chi connectivity index (χ0) is 12.8. The van der Waals surface area contributed by atoms with E-state index in [9.17, 15) is 0 Å². The quantitative estimate of drug-likeness (QED) is 0.848. The van der Waals surface area contributed by atoms with Crippen LogP contribution in [0.2, 0.25) is 0 Å². The molecule has 1 aromatic carbocycles. The Kier molecular flexibility index (Phi) is 4.53. The first-order valence-electron chi connectivity index (χ1n) is 6.42. The molecule has 0 aliphatic rings. The first kappa shape index (κ1) is 12.8. The van der Waals surface area contributed by atoms with Crippen LogP contribution in [0.5, 0.6) is 0 Å². The van der Waals surface area contributed by atoms with E-state index in [1.54, 1.807) is 6.20 Å². The molecule has 0 aliphatic carbocycles. The maximum atomic E-state index is 5.05. The standard InChI is InChI=1S/C15H20N2O/c1-12-4-3-5-14(10-12)7-6-13(2)16-11-15-8-9-17-18-15/h3-5,8-10,13,16H,6-7,11H2,1-2H3. The Hall–Kier alpha value is -1.61. The van der Waals surface area contributed by atoms with Gasteiger partial charge in [-0.3, -0.25) is 0 Å². The molecule has 1 heterocycles. The lowest BCUT2D eigenvalue weighted by Crippen LogP contribution is -2.25. The number of hydrogen-bond donors (Lipinski definition) is 1. The van der Waals surface area contributed by atoms with Crippen molar-refractivity contribution in [2.24, 2.45) is 0 Å². The van der Waals surface area contributed by atoms with Gasteiger partial charge in [0.15, 0.2) is 0 Å². The van der Waals surface area contributed by atoms with E-state index in [0.717, 1.165) is 25.1 Å². The second-order valence-electron chi connectivity index (χ2n) is 4.79. The predicted molar refractivity (Wildman–Crippen MR) is 72.3 cm³/mol. The highest BCUT2D eigenvalue weighted by molar-refractivity contribution is 5.22. The van der Waals surface area contributed by atoms with Crippen LogP contribution < -0.4 is 5.32 Å². The number of nitrogens with zero attached hydrogens (tertiary/aromatic N) is 1. The molecule has 0 amide bonds. The van der Waals surface area contributed by atoms with Crippen LogP contribution in [0.15, 0.2) is 41.1 Å². The van der Waals surface area contributed by atoms with Gasteiger partial charge >= 0.3 is 0 Å². The molecular weight excluding hydrogens is 224 g/mol. The highest BCUT2D eigenvalue weighted by atomic mass is 16.5. The summed E-state index contributed by atoms with van der Waals surface area (Å²) in [5.41, 5.74) is 2.73. The molecule has 0 saturated carbocycles. The minimum atomic E-state index is 0.468. The molecule has 0 spiro atoms. The first-order valence-corrected chi connectivity index (χ1v) is 6.42. The van der Waals surface area contributed by atoms with Crippen molar-refractivity contribution in [2.45, 2.75) is 39.3 Å². The molecule has 1 N–H and O–H groups in total. The van der Waals surface area contributed by atoms with Crippen LogP contribution >= 0.6 is 0 Å². The molecule has 0 bridgehead atoms. The van der Waals surface area contributed by atoms with E-state index in [0.29, 0.717) is 6.04 Å². The Morgan fingerprint density at radius 1 is 1.33 bits per heavy atom. The topological polar surface area (TPSA) is 38.1 Å². The van der Waals surface area contributed by atoms with Crippen molar-refractivity contribution < 1.29 is 4.52 Å². The predicted octanol–water partition coefficient (Wildman–Crippen LogP) is 3.09. The van der Waals surface area contributed by atoms with Crippen LogP contribution in [0.1, 0.15) is 30.2 Å². The molecule has 1 aromatic heterocycles. The van der Waals surface area contributed by atoms with Crippen LogP contribution in [0.4, 0.5) is 0 Å². The maximum absolute atomic E-state index is 5.05. The molecule has 0 radical (unpaired) electrons. The summed E-state index contributed by atoms with van der Waals surface area (Å²) in [6.45, 7) is 5.08. The van der Waals surface area contributed by atoms with Crippen molar-refractivity contribution in [3.8, 4) is 0 Å². The molecule has 0 fully saturated rings. The van der Waals surface area contributed by atoms with E-state index in [1.807, 2.05) is 6.07 Å². The summed E-state index contributed by atoms with van der Waals surface area (Å²) in [7, 11) is 0. The van der Waals surface area contributed by atoms with Gasteiger partial charge in [-0.15, -0.1) is 0 Å². The average molecular weight is 244 g/mol. The SMILES string of the molecule is Cc1cccc(CCC(C)NCc2ccno2)c1. The Morgan fingerprint density at radius 3 is 2.94 bits per heavy atom. The zero-order valence-electron chi connectivity index (χ0n) is 11.0. The van der Waals surface area contributed by atoms with E-state index >= 15 is 0 Å². The average Bonchev–Trinajstić information content (AvgIpc) is 2.87. The molecule has 1 unspecified atom stereocenters. The second-order valence-corrected chi connectivity index (χ2v) is 4.79. The summed E-state index contributed by atoms with van der Waals surface area (Å²) >= 11 is 0. The monoisotopic (exact) mass is 244 g/mol. The fourth-order valence-electron chi connectivity index (χ4n) is 1.96. The highest BCUT2D eigenvalue weighted by Gasteiger charge is 2.04. The summed E-state index contributed by atoms with van der Waals surface area (Å²) < 4.78 is 5.05. The molecule has 3 heteroatoms. The summed E-state index contributed by atoms with van der Waals surface area (Å²) in [6, 6.07) is 11.1. The van der Waals surface area contributed by atoms with Crippen molar-refractivity contribution in [3.63, 3.8) is 0 Å². The molecule has 0 saturated heterocycles. The molecule has 2 rings (SSSR count). The smallest absolute Gasteiger partial charge is 0.150 e. The van der Waals surface area contributed by atoms with E-state index in [-0.39, 0.29) is 0 Å². The number of aromatic nitrogens is 1. The fourth-order valence-corrected chi connectivity index (χ4v) is 1.96. The summed E-state index contributed by atoms with van der Waals surface area (Å²) in [4.78, 5) is 0. The van der Waals surface area contributed by atoms with Gasteiger partial charge in [-0.25, -0.2) is 0 Å². The van der Waals surface area contributed by atoms with Crippen LogP contribution in [0.25, 0.3) is 0 Å². The van der Waals surface area contributed by atoms with Crippen molar-refractivity contribution in [3.05, 3.63) is 53.4 Å². The van der Waals surface area contributed by atoms with Crippen molar-refractivity contribution in [1.29, 1.82) is 0 Å². The number of rotatable bonds is 6. The third-order valence-electron chi connectivity index (χ3n) is 3.06. The van der Waals surface area contributed by atoms with Gasteiger partial charge in [-0.1, -0.05) is 35.0 Å². The van der Waals surface area contributed by atoms with Crippen LogP contribution in [-0.2, 0) is 13.0 Å². The van der Waals surface area contributed by atoms with E-state index in [4.69, 9.17) is 4.52 Å². The summed E-state index contributed by atoms with van der Waals surface area (Å²) in [5.74, 6) is 0.886. The molecule has 18 heavy (non-hydrogen) atoms.